The number of rotatable bonds is 2. The second-order valence-electron chi connectivity index (χ2n) is 5.86. The first-order valence-corrected chi connectivity index (χ1v) is 8.42. The molecule has 0 aromatic heterocycles. The van der Waals surface area contributed by atoms with E-state index in [-0.39, 0.29) is 6.04 Å². The molecule has 0 bridgehead atoms. The van der Waals surface area contributed by atoms with E-state index in [4.69, 9.17) is 16.6 Å². The molecule has 2 nitrogen and oxygen atoms in total. The Kier molecular flexibility index (Phi) is 4.06. The Morgan fingerprint density at radius 3 is 2.38 bits per heavy atom. The molecule has 4 rings (SSSR count). The molecular formula is C21H17ClN2. The molecule has 0 amide bonds. The molecule has 0 unspecified atom stereocenters. The van der Waals surface area contributed by atoms with E-state index in [9.17, 15) is 0 Å². The van der Waals surface area contributed by atoms with Gasteiger partial charge in [-0.2, -0.15) is 0 Å². The molecule has 1 N–H and O–H groups in total. The molecule has 118 valence electrons. The minimum Gasteiger partial charge on any atom is -0.376 e. The SMILES string of the molecule is Clc1ccccc1[C@H]1CC(c2ccccc2)=Nc2ccccc2N1. The molecule has 0 saturated heterocycles. The van der Waals surface area contributed by atoms with Gasteiger partial charge in [0.25, 0.3) is 0 Å². The van der Waals surface area contributed by atoms with Gasteiger partial charge in [-0.15, -0.1) is 0 Å². The molecule has 0 saturated carbocycles. The summed E-state index contributed by atoms with van der Waals surface area (Å²) in [5.41, 5.74) is 5.31. The number of hydrogen-bond acceptors (Lipinski definition) is 2. The van der Waals surface area contributed by atoms with E-state index in [2.05, 4.69) is 29.6 Å². The van der Waals surface area contributed by atoms with Crippen molar-refractivity contribution in [1.29, 1.82) is 0 Å². The van der Waals surface area contributed by atoms with Gasteiger partial charge in [0.05, 0.1) is 23.1 Å². The average Bonchev–Trinajstić information content (AvgIpc) is 2.82. The second-order valence-corrected chi connectivity index (χ2v) is 6.27. The summed E-state index contributed by atoms with van der Waals surface area (Å²) >= 11 is 6.45. The van der Waals surface area contributed by atoms with Crippen LogP contribution < -0.4 is 5.32 Å². The molecule has 3 heteroatoms. The number of aliphatic imine (C=N–C) groups is 1. The topological polar surface area (TPSA) is 24.4 Å². The third-order valence-corrected chi connectivity index (χ3v) is 4.62. The third-order valence-electron chi connectivity index (χ3n) is 4.27. The van der Waals surface area contributed by atoms with Crippen LogP contribution in [0.15, 0.2) is 83.9 Å². The summed E-state index contributed by atoms with van der Waals surface area (Å²) in [6.07, 6.45) is 0.780. The molecule has 0 radical (unpaired) electrons. The standard InChI is InChI=1S/C21H17ClN2/c22-17-11-5-4-10-16(17)21-14-20(15-8-2-1-3-9-15)23-18-12-6-7-13-19(18)24-21/h1-13,21,24H,14H2/t21-/m1/s1. The largest absolute Gasteiger partial charge is 0.376 e. The molecule has 24 heavy (non-hydrogen) atoms. The molecule has 3 aromatic carbocycles. The number of nitrogens with one attached hydrogen (secondary N) is 1. The number of para-hydroxylation sites is 2. The van der Waals surface area contributed by atoms with Crippen molar-refractivity contribution >= 4 is 28.7 Å². The van der Waals surface area contributed by atoms with Gasteiger partial charge in [0.2, 0.25) is 0 Å². The molecule has 0 aliphatic carbocycles. The number of halogens is 1. The highest BCUT2D eigenvalue weighted by Crippen LogP contribution is 2.37. The summed E-state index contributed by atoms with van der Waals surface area (Å²) in [5, 5.41) is 4.40. The Morgan fingerprint density at radius 2 is 1.54 bits per heavy atom. The highest BCUT2D eigenvalue weighted by Gasteiger charge is 2.22. The maximum Gasteiger partial charge on any atom is 0.0864 e. The summed E-state index contributed by atoms with van der Waals surface area (Å²) < 4.78 is 0. The highest BCUT2D eigenvalue weighted by molar-refractivity contribution is 6.31. The Bertz CT molecular complexity index is 887. The lowest BCUT2D eigenvalue weighted by Gasteiger charge is -2.20. The first-order chi connectivity index (χ1) is 11.8. The van der Waals surface area contributed by atoms with Crippen LogP contribution in [0.3, 0.4) is 0 Å². The summed E-state index contributed by atoms with van der Waals surface area (Å²) in [6, 6.07) is 26.6. The van der Waals surface area contributed by atoms with Gasteiger partial charge < -0.3 is 5.32 Å². The van der Waals surface area contributed by atoms with Crippen LogP contribution in [0.1, 0.15) is 23.6 Å². The smallest absolute Gasteiger partial charge is 0.0864 e. The fourth-order valence-electron chi connectivity index (χ4n) is 3.07. The summed E-state index contributed by atoms with van der Waals surface area (Å²) in [5.74, 6) is 0. The van der Waals surface area contributed by atoms with Crippen LogP contribution >= 0.6 is 11.6 Å². The number of hydrogen-bond donors (Lipinski definition) is 1. The van der Waals surface area contributed by atoms with Gasteiger partial charge in [0, 0.05) is 11.4 Å². The quantitative estimate of drug-likeness (QED) is 0.610. The Hall–Kier alpha value is -2.58. The number of fused-ring (bicyclic) bond motifs is 1. The summed E-state index contributed by atoms with van der Waals surface area (Å²) in [4.78, 5) is 4.93. The van der Waals surface area contributed by atoms with Gasteiger partial charge in [0.15, 0.2) is 0 Å². The van der Waals surface area contributed by atoms with Crippen molar-refractivity contribution in [3.8, 4) is 0 Å². The van der Waals surface area contributed by atoms with Crippen molar-refractivity contribution in [2.45, 2.75) is 12.5 Å². The predicted molar refractivity (Wildman–Crippen MR) is 102 cm³/mol. The Labute approximate surface area is 146 Å². The van der Waals surface area contributed by atoms with E-state index in [1.54, 1.807) is 0 Å². The zero-order valence-corrected chi connectivity index (χ0v) is 13.9. The minimum atomic E-state index is 0.0845. The normalized spacial score (nSPS) is 16.5. The summed E-state index contributed by atoms with van der Waals surface area (Å²) in [7, 11) is 0. The predicted octanol–water partition coefficient (Wildman–Crippen LogP) is 6.02. The number of anilines is 1. The van der Waals surface area contributed by atoms with Crippen molar-refractivity contribution in [1.82, 2.24) is 0 Å². The Balaban J connectivity index is 1.83. The molecule has 1 heterocycles. The number of nitrogens with zero attached hydrogens (tertiary/aromatic N) is 1. The van der Waals surface area contributed by atoms with Crippen LogP contribution in [-0.4, -0.2) is 5.71 Å². The van der Waals surface area contributed by atoms with Crippen molar-refractivity contribution in [2.75, 3.05) is 5.32 Å². The average molecular weight is 333 g/mol. The lowest BCUT2D eigenvalue weighted by molar-refractivity contribution is 0.829. The van der Waals surface area contributed by atoms with E-state index in [1.165, 1.54) is 0 Å². The van der Waals surface area contributed by atoms with Crippen LogP contribution in [0.5, 0.6) is 0 Å². The third kappa shape index (κ3) is 2.93. The lowest BCUT2D eigenvalue weighted by atomic mass is 9.97. The molecular weight excluding hydrogens is 316 g/mol. The first kappa shape index (κ1) is 15.0. The van der Waals surface area contributed by atoms with Gasteiger partial charge >= 0.3 is 0 Å². The van der Waals surface area contributed by atoms with Gasteiger partial charge in [-0.3, -0.25) is 4.99 Å². The maximum absolute atomic E-state index is 6.45. The first-order valence-electron chi connectivity index (χ1n) is 8.04. The van der Waals surface area contributed by atoms with E-state index < -0.39 is 0 Å². The van der Waals surface area contributed by atoms with Gasteiger partial charge in [-0.25, -0.2) is 0 Å². The lowest BCUT2D eigenvalue weighted by Crippen LogP contribution is -2.14. The van der Waals surface area contributed by atoms with Crippen molar-refractivity contribution in [2.24, 2.45) is 4.99 Å². The fraction of sp³-hybridized carbons (Fsp3) is 0.0952. The minimum absolute atomic E-state index is 0.0845. The molecule has 0 fully saturated rings. The van der Waals surface area contributed by atoms with Crippen LogP contribution in [0.25, 0.3) is 0 Å². The maximum atomic E-state index is 6.45. The van der Waals surface area contributed by atoms with Gasteiger partial charge in [-0.1, -0.05) is 72.3 Å². The zero-order valence-electron chi connectivity index (χ0n) is 13.1. The van der Waals surface area contributed by atoms with Crippen molar-refractivity contribution in [3.05, 3.63) is 95.0 Å². The molecule has 1 aliphatic heterocycles. The van der Waals surface area contributed by atoms with Crippen molar-refractivity contribution < 1.29 is 0 Å². The molecule has 1 atom stereocenters. The van der Waals surface area contributed by atoms with E-state index in [1.807, 2.05) is 54.6 Å². The van der Waals surface area contributed by atoms with Crippen LogP contribution in [0, 0.1) is 0 Å². The highest BCUT2D eigenvalue weighted by atomic mass is 35.5. The molecule has 1 aliphatic rings. The molecule has 0 spiro atoms. The van der Waals surface area contributed by atoms with Crippen LogP contribution in [0.4, 0.5) is 11.4 Å². The molecule has 3 aromatic rings. The number of benzene rings is 3. The zero-order chi connectivity index (χ0) is 16.4. The van der Waals surface area contributed by atoms with Crippen LogP contribution in [0.2, 0.25) is 5.02 Å². The van der Waals surface area contributed by atoms with Gasteiger partial charge in [0.1, 0.15) is 0 Å². The summed E-state index contributed by atoms with van der Waals surface area (Å²) in [6.45, 7) is 0. The van der Waals surface area contributed by atoms with Crippen molar-refractivity contribution in [3.63, 3.8) is 0 Å². The van der Waals surface area contributed by atoms with Crippen LogP contribution in [-0.2, 0) is 0 Å². The fourth-order valence-corrected chi connectivity index (χ4v) is 3.34. The second kappa shape index (κ2) is 6.50. The van der Waals surface area contributed by atoms with E-state index in [0.717, 1.165) is 39.7 Å². The van der Waals surface area contributed by atoms with Gasteiger partial charge in [-0.05, 0) is 29.3 Å². The Morgan fingerprint density at radius 1 is 0.833 bits per heavy atom. The monoisotopic (exact) mass is 332 g/mol. The van der Waals surface area contributed by atoms with E-state index in [0.29, 0.717) is 0 Å². The van der Waals surface area contributed by atoms with E-state index >= 15 is 0 Å².